The average Bonchev–Trinajstić information content (AvgIpc) is 2.69. The van der Waals surface area contributed by atoms with Gasteiger partial charge in [0.1, 0.15) is 12.4 Å². The fourth-order valence-electron chi connectivity index (χ4n) is 2.40. The number of hydrogen-bond donors (Lipinski definition) is 2. The predicted molar refractivity (Wildman–Crippen MR) is 105 cm³/mol. The lowest BCUT2D eigenvalue weighted by Crippen LogP contribution is -2.36. The molecule has 0 heterocycles. The largest absolute Gasteiger partial charge is 0.493 e. The van der Waals surface area contributed by atoms with Gasteiger partial charge in [0.15, 0.2) is 17.5 Å². The molecule has 0 aliphatic rings. The van der Waals surface area contributed by atoms with E-state index in [0.29, 0.717) is 36.1 Å². The molecule has 0 radical (unpaired) electrons. The second-order valence-corrected chi connectivity index (χ2v) is 5.84. The van der Waals surface area contributed by atoms with Crippen molar-refractivity contribution < 1.29 is 13.9 Å². The lowest BCUT2D eigenvalue weighted by atomic mass is 10.1. The lowest BCUT2D eigenvalue weighted by Gasteiger charge is -2.14. The van der Waals surface area contributed by atoms with Gasteiger partial charge in [-0.25, -0.2) is 4.39 Å². The van der Waals surface area contributed by atoms with Crippen molar-refractivity contribution in [2.75, 3.05) is 20.8 Å². The molecule has 0 saturated heterocycles. The van der Waals surface area contributed by atoms with Gasteiger partial charge >= 0.3 is 0 Å². The van der Waals surface area contributed by atoms with Gasteiger partial charge in [0.05, 0.1) is 7.11 Å². The Bertz CT molecular complexity index is 844. The zero-order valence-electron chi connectivity index (χ0n) is 15.8. The number of aryl methyl sites for hydroxylation is 1. The van der Waals surface area contributed by atoms with E-state index in [4.69, 9.17) is 15.9 Å². The van der Waals surface area contributed by atoms with Gasteiger partial charge in [0.25, 0.3) is 0 Å². The van der Waals surface area contributed by atoms with Gasteiger partial charge in [-0.1, -0.05) is 24.1 Å². The minimum atomic E-state index is -0.213. The standard InChI is InChI=1S/C21H24FN3O2/c1-5-10-27-20-12-17(8-9-19(20)26-4)14-25-21(23-3)24-13-16-7-6-15(2)18(22)11-16/h1,6-9,11-12H,10,13-14H2,2-4H3,(H2,23,24,25). The van der Waals surface area contributed by atoms with Crippen molar-refractivity contribution in [3.63, 3.8) is 0 Å². The Labute approximate surface area is 159 Å². The predicted octanol–water partition coefficient (Wildman–Crippen LogP) is 3.02. The monoisotopic (exact) mass is 369 g/mol. The van der Waals surface area contributed by atoms with Gasteiger partial charge in [-0.3, -0.25) is 4.99 Å². The maximum absolute atomic E-state index is 13.6. The van der Waals surface area contributed by atoms with Crippen LogP contribution >= 0.6 is 0 Å². The van der Waals surface area contributed by atoms with Crippen molar-refractivity contribution in [2.24, 2.45) is 4.99 Å². The number of nitrogens with one attached hydrogen (secondary N) is 2. The van der Waals surface area contributed by atoms with E-state index in [1.54, 1.807) is 27.1 Å². The maximum atomic E-state index is 13.6. The molecule has 2 rings (SSSR count). The topological polar surface area (TPSA) is 54.9 Å². The molecule has 0 unspecified atom stereocenters. The van der Waals surface area contributed by atoms with Crippen LogP contribution in [0.1, 0.15) is 16.7 Å². The fourth-order valence-corrected chi connectivity index (χ4v) is 2.40. The van der Waals surface area contributed by atoms with E-state index in [0.717, 1.165) is 11.1 Å². The molecule has 0 saturated carbocycles. The highest BCUT2D eigenvalue weighted by Crippen LogP contribution is 2.27. The number of nitrogens with zero attached hydrogens (tertiary/aromatic N) is 1. The number of methoxy groups -OCH3 is 1. The molecule has 0 atom stereocenters. The molecule has 5 nitrogen and oxygen atoms in total. The molecular formula is C21H24FN3O2. The van der Waals surface area contributed by atoms with Crippen LogP contribution in [0.15, 0.2) is 41.4 Å². The number of ether oxygens (including phenoxy) is 2. The Morgan fingerprint density at radius 1 is 1.11 bits per heavy atom. The van der Waals surface area contributed by atoms with E-state index in [1.165, 1.54) is 6.07 Å². The van der Waals surface area contributed by atoms with Crippen LogP contribution in [-0.4, -0.2) is 26.7 Å². The van der Waals surface area contributed by atoms with Crippen LogP contribution < -0.4 is 20.1 Å². The highest BCUT2D eigenvalue weighted by Gasteiger charge is 2.07. The van der Waals surface area contributed by atoms with E-state index in [9.17, 15) is 4.39 Å². The second kappa shape index (κ2) is 10.1. The average molecular weight is 369 g/mol. The summed E-state index contributed by atoms with van der Waals surface area (Å²) in [5.41, 5.74) is 2.45. The Kier molecular flexibility index (Phi) is 7.50. The van der Waals surface area contributed by atoms with Gasteiger partial charge in [0.2, 0.25) is 0 Å². The molecule has 0 aromatic heterocycles. The summed E-state index contributed by atoms with van der Waals surface area (Å²) in [4.78, 5) is 4.18. The van der Waals surface area contributed by atoms with E-state index in [2.05, 4.69) is 21.5 Å². The first-order chi connectivity index (χ1) is 13.1. The number of guanidine groups is 1. The third-order valence-electron chi connectivity index (χ3n) is 3.92. The highest BCUT2D eigenvalue weighted by molar-refractivity contribution is 5.79. The van der Waals surface area contributed by atoms with Gasteiger partial charge < -0.3 is 20.1 Å². The van der Waals surface area contributed by atoms with Gasteiger partial charge in [-0.2, -0.15) is 0 Å². The first kappa shape index (κ1) is 20.1. The quantitative estimate of drug-likeness (QED) is 0.448. The fraction of sp³-hybridized carbons (Fsp3) is 0.286. The number of rotatable bonds is 7. The van der Waals surface area contributed by atoms with Crippen molar-refractivity contribution >= 4 is 5.96 Å². The molecular weight excluding hydrogens is 345 g/mol. The molecule has 2 aromatic rings. The minimum absolute atomic E-state index is 0.170. The third-order valence-corrected chi connectivity index (χ3v) is 3.92. The van der Waals surface area contributed by atoms with Gasteiger partial charge in [0, 0.05) is 20.1 Å². The van der Waals surface area contributed by atoms with Crippen LogP contribution in [0.4, 0.5) is 4.39 Å². The summed E-state index contributed by atoms with van der Waals surface area (Å²) in [6, 6.07) is 10.8. The summed E-state index contributed by atoms with van der Waals surface area (Å²) in [5.74, 6) is 4.05. The summed E-state index contributed by atoms with van der Waals surface area (Å²) >= 11 is 0. The Morgan fingerprint density at radius 2 is 1.78 bits per heavy atom. The van der Waals surface area contributed by atoms with Gasteiger partial charge in [-0.15, -0.1) is 6.42 Å². The smallest absolute Gasteiger partial charge is 0.191 e. The Balaban J connectivity index is 1.95. The van der Waals surface area contributed by atoms with Crippen LogP contribution in [0.2, 0.25) is 0 Å². The molecule has 0 spiro atoms. The summed E-state index contributed by atoms with van der Waals surface area (Å²) < 4.78 is 24.4. The lowest BCUT2D eigenvalue weighted by molar-refractivity contribution is 0.330. The molecule has 6 heteroatoms. The summed E-state index contributed by atoms with van der Waals surface area (Å²) in [6.45, 7) is 2.90. The van der Waals surface area contributed by atoms with Crippen molar-refractivity contribution in [2.45, 2.75) is 20.0 Å². The summed E-state index contributed by atoms with van der Waals surface area (Å²) in [7, 11) is 3.26. The van der Waals surface area contributed by atoms with Crippen molar-refractivity contribution in [3.05, 3.63) is 58.9 Å². The molecule has 0 aliphatic carbocycles. The molecule has 27 heavy (non-hydrogen) atoms. The second-order valence-electron chi connectivity index (χ2n) is 5.84. The van der Waals surface area contributed by atoms with E-state index >= 15 is 0 Å². The SMILES string of the molecule is C#CCOc1cc(CNC(=NC)NCc2ccc(C)c(F)c2)ccc1OC. The molecule has 142 valence electrons. The van der Waals surface area contributed by atoms with Crippen molar-refractivity contribution in [3.8, 4) is 23.8 Å². The molecule has 0 amide bonds. The first-order valence-corrected chi connectivity index (χ1v) is 8.50. The van der Waals surface area contributed by atoms with Crippen LogP contribution in [-0.2, 0) is 13.1 Å². The van der Waals surface area contributed by atoms with E-state index in [1.807, 2.05) is 24.3 Å². The molecule has 0 aliphatic heterocycles. The van der Waals surface area contributed by atoms with Crippen LogP contribution in [0.3, 0.4) is 0 Å². The van der Waals surface area contributed by atoms with Crippen LogP contribution in [0, 0.1) is 25.1 Å². The van der Waals surface area contributed by atoms with E-state index < -0.39 is 0 Å². The van der Waals surface area contributed by atoms with Crippen molar-refractivity contribution in [1.82, 2.24) is 10.6 Å². The van der Waals surface area contributed by atoms with E-state index in [-0.39, 0.29) is 12.4 Å². The van der Waals surface area contributed by atoms with Crippen LogP contribution in [0.5, 0.6) is 11.5 Å². The molecule has 2 aromatic carbocycles. The summed E-state index contributed by atoms with van der Waals surface area (Å²) in [6.07, 6.45) is 5.25. The maximum Gasteiger partial charge on any atom is 0.191 e. The Hall–Kier alpha value is -3.20. The molecule has 0 bridgehead atoms. The van der Waals surface area contributed by atoms with Gasteiger partial charge in [-0.05, 0) is 41.8 Å². The Morgan fingerprint density at radius 3 is 2.37 bits per heavy atom. The number of aliphatic imine (C=N–C) groups is 1. The third kappa shape index (κ3) is 5.93. The first-order valence-electron chi connectivity index (χ1n) is 8.50. The minimum Gasteiger partial charge on any atom is -0.493 e. The van der Waals surface area contributed by atoms with Crippen molar-refractivity contribution in [1.29, 1.82) is 0 Å². The summed E-state index contributed by atoms with van der Waals surface area (Å²) in [5, 5.41) is 6.38. The number of benzene rings is 2. The number of hydrogen-bond acceptors (Lipinski definition) is 3. The zero-order valence-corrected chi connectivity index (χ0v) is 15.8. The molecule has 0 fully saturated rings. The van der Waals surface area contributed by atoms with Crippen LogP contribution in [0.25, 0.3) is 0 Å². The highest BCUT2D eigenvalue weighted by atomic mass is 19.1. The number of terminal acetylenes is 1. The molecule has 2 N–H and O–H groups in total. The zero-order chi connectivity index (χ0) is 19.6. The normalized spacial score (nSPS) is 10.9. The number of halogens is 1.